The first kappa shape index (κ1) is 20.3. The number of fused-ring (bicyclic) bond motifs is 1. The maximum absolute atomic E-state index is 4.87. The van der Waals surface area contributed by atoms with Crippen molar-refractivity contribution < 1.29 is 0 Å². The third-order valence-corrected chi connectivity index (χ3v) is 5.87. The van der Waals surface area contributed by atoms with Gasteiger partial charge in [-0.2, -0.15) is 9.36 Å². The molecule has 0 aliphatic rings. The third kappa shape index (κ3) is 4.43. The number of unbranched alkanes of at least 4 members (excludes halogenated alkanes) is 1. The van der Waals surface area contributed by atoms with Crippen LogP contribution in [0.15, 0.2) is 42.9 Å². The minimum Gasteiger partial charge on any atom is -0.365 e. The molecule has 4 rings (SSSR count). The number of aryl methyl sites for hydroxylation is 1. The van der Waals surface area contributed by atoms with Crippen LogP contribution in [-0.2, 0) is 0 Å². The highest BCUT2D eigenvalue weighted by Gasteiger charge is 2.17. The summed E-state index contributed by atoms with van der Waals surface area (Å²) < 4.78 is 6.45. The van der Waals surface area contributed by atoms with Gasteiger partial charge in [0.2, 0.25) is 5.95 Å². The average molecular weight is 422 g/mol. The topological polar surface area (TPSA) is 80.5 Å². The van der Waals surface area contributed by atoms with Crippen LogP contribution in [0.2, 0.25) is 0 Å². The second kappa shape index (κ2) is 9.21. The van der Waals surface area contributed by atoms with E-state index in [4.69, 9.17) is 9.97 Å². The zero-order chi connectivity index (χ0) is 20.9. The lowest BCUT2D eigenvalue weighted by Crippen LogP contribution is -2.20. The molecule has 0 fully saturated rings. The molecule has 4 heterocycles. The van der Waals surface area contributed by atoms with E-state index in [0.717, 1.165) is 46.1 Å². The molecule has 8 heteroatoms. The molecule has 7 nitrogen and oxygen atoms in total. The lowest BCUT2D eigenvalue weighted by molar-refractivity contribution is 0.592. The fourth-order valence-electron chi connectivity index (χ4n) is 3.48. The third-order valence-electron chi connectivity index (χ3n) is 5.08. The first-order valence-corrected chi connectivity index (χ1v) is 11.2. The predicted octanol–water partition coefficient (Wildman–Crippen LogP) is 5.70. The second-order valence-corrected chi connectivity index (χ2v) is 8.18. The van der Waals surface area contributed by atoms with Crippen LogP contribution in [0.25, 0.3) is 16.7 Å². The van der Waals surface area contributed by atoms with Crippen LogP contribution >= 0.6 is 11.5 Å². The Hall–Kier alpha value is -3.00. The van der Waals surface area contributed by atoms with Crippen molar-refractivity contribution in [2.75, 3.05) is 10.6 Å². The molecule has 1 unspecified atom stereocenters. The van der Waals surface area contributed by atoms with Gasteiger partial charge in [-0.1, -0.05) is 26.7 Å². The Morgan fingerprint density at radius 1 is 1.13 bits per heavy atom. The zero-order valence-electron chi connectivity index (χ0n) is 17.6. The van der Waals surface area contributed by atoms with Crippen molar-refractivity contribution in [2.45, 2.75) is 52.5 Å². The van der Waals surface area contributed by atoms with E-state index < -0.39 is 0 Å². The van der Waals surface area contributed by atoms with Crippen LogP contribution in [0.4, 0.5) is 16.8 Å². The predicted molar refractivity (Wildman–Crippen MR) is 124 cm³/mol. The average Bonchev–Trinajstić information content (AvgIpc) is 3.37. The van der Waals surface area contributed by atoms with Gasteiger partial charge in [-0.15, -0.1) is 0 Å². The van der Waals surface area contributed by atoms with Crippen molar-refractivity contribution in [1.29, 1.82) is 0 Å². The van der Waals surface area contributed by atoms with Gasteiger partial charge in [0.05, 0.1) is 11.2 Å². The molecule has 0 radical (unpaired) electrons. The summed E-state index contributed by atoms with van der Waals surface area (Å²) in [6, 6.07) is 8.37. The summed E-state index contributed by atoms with van der Waals surface area (Å²) in [4.78, 5) is 13.8. The number of nitrogens with one attached hydrogen (secondary N) is 2. The molecule has 1 atom stereocenters. The van der Waals surface area contributed by atoms with Crippen molar-refractivity contribution >= 4 is 39.3 Å². The van der Waals surface area contributed by atoms with Gasteiger partial charge in [-0.3, -0.25) is 4.98 Å². The molecular weight excluding hydrogens is 394 g/mol. The summed E-state index contributed by atoms with van der Waals surface area (Å²) in [5.74, 6) is 1.42. The Balaban J connectivity index is 1.77. The lowest BCUT2D eigenvalue weighted by Gasteiger charge is -2.19. The minimum atomic E-state index is 0.363. The summed E-state index contributed by atoms with van der Waals surface area (Å²) in [6.45, 7) is 6.42. The van der Waals surface area contributed by atoms with E-state index in [1.165, 1.54) is 24.4 Å². The number of rotatable bonds is 9. The molecule has 156 valence electrons. The molecule has 0 aromatic carbocycles. The van der Waals surface area contributed by atoms with E-state index >= 15 is 0 Å². The van der Waals surface area contributed by atoms with Gasteiger partial charge in [-0.25, -0.2) is 4.98 Å². The number of anilines is 3. The number of nitrogens with zero attached hydrogens (tertiary/aromatic N) is 5. The molecule has 0 spiro atoms. The summed E-state index contributed by atoms with van der Waals surface area (Å²) in [7, 11) is 0. The van der Waals surface area contributed by atoms with Gasteiger partial charge in [0, 0.05) is 30.3 Å². The van der Waals surface area contributed by atoms with E-state index in [1.54, 1.807) is 12.4 Å². The van der Waals surface area contributed by atoms with Crippen LogP contribution in [0.1, 0.15) is 45.2 Å². The Labute approximate surface area is 180 Å². The zero-order valence-corrected chi connectivity index (χ0v) is 18.4. The highest BCUT2D eigenvalue weighted by Crippen LogP contribution is 2.29. The Morgan fingerprint density at radius 3 is 2.67 bits per heavy atom. The maximum atomic E-state index is 4.87. The maximum Gasteiger partial charge on any atom is 0.230 e. The van der Waals surface area contributed by atoms with Crippen LogP contribution in [-0.4, -0.2) is 29.9 Å². The second-order valence-electron chi connectivity index (χ2n) is 7.37. The standard InChI is InChI=1S/C22H27N7S/c1-4-6-7-16(5-2)24-21-20-18(10-13-29(20)17-8-11-23-12-9-17)25-22(27-21)26-19-14-15(3)28-30-19/h8-14,16H,4-7H2,1-3H3,(H2,24,25,26,27). The van der Waals surface area contributed by atoms with Gasteiger partial charge in [0.1, 0.15) is 10.5 Å². The van der Waals surface area contributed by atoms with Gasteiger partial charge in [0.25, 0.3) is 0 Å². The number of hydrogen-bond acceptors (Lipinski definition) is 7. The molecular formula is C22H27N7S. The van der Waals surface area contributed by atoms with Crippen molar-refractivity contribution in [2.24, 2.45) is 0 Å². The first-order valence-electron chi connectivity index (χ1n) is 10.4. The summed E-state index contributed by atoms with van der Waals surface area (Å²) in [6.07, 6.45) is 10.2. The van der Waals surface area contributed by atoms with E-state index in [1.807, 2.05) is 37.4 Å². The van der Waals surface area contributed by atoms with Crippen molar-refractivity contribution in [3.63, 3.8) is 0 Å². The highest BCUT2D eigenvalue weighted by atomic mass is 32.1. The van der Waals surface area contributed by atoms with E-state index in [9.17, 15) is 0 Å². The monoisotopic (exact) mass is 421 g/mol. The van der Waals surface area contributed by atoms with Crippen molar-refractivity contribution in [3.8, 4) is 5.69 Å². The molecule has 0 aliphatic heterocycles. The van der Waals surface area contributed by atoms with E-state index in [2.05, 4.69) is 38.4 Å². The fourth-order valence-corrected chi connectivity index (χ4v) is 4.13. The number of aromatic nitrogens is 5. The quantitative estimate of drug-likeness (QED) is 0.360. The number of pyridine rings is 1. The highest BCUT2D eigenvalue weighted by molar-refractivity contribution is 7.10. The van der Waals surface area contributed by atoms with E-state index in [-0.39, 0.29) is 0 Å². The van der Waals surface area contributed by atoms with Crippen LogP contribution in [0.3, 0.4) is 0 Å². The normalized spacial score (nSPS) is 12.2. The fraction of sp³-hybridized carbons (Fsp3) is 0.364. The molecule has 2 N–H and O–H groups in total. The van der Waals surface area contributed by atoms with Gasteiger partial charge in [0.15, 0.2) is 5.82 Å². The van der Waals surface area contributed by atoms with Gasteiger partial charge < -0.3 is 15.2 Å². The Bertz CT molecular complexity index is 1100. The largest absolute Gasteiger partial charge is 0.365 e. The van der Waals surface area contributed by atoms with Gasteiger partial charge >= 0.3 is 0 Å². The van der Waals surface area contributed by atoms with Crippen LogP contribution < -0.4 is 10.6 Å². The molecule has 4 aromatic rings. The summed E-state index contributed by atoms with van der Waals surface area (Å²) in [5.41, 5.74) is 3.88. The molecule has 0 aliphatic carbocycles. The van der Waals surface area contributed by atoms with Crippen LogP contribution in [0, 0.1) is 6.92 Å². The summed E-state index contributed by atoms with van der Waals surface area (Å²) in [5, 5.41) is 7.94. The molecule has 0 saturated heterocycles. The SMILES string of the molecule is CCCCC(CC)Nc1nc(Nc2cc(C)ns2)nc2ccn(-c3ccncc3)c12. The molecule has 30 heavy (non-hydrogen) atoms. The van der Waals surface area contributed by atoms with Crippen molar-refractivity contribution in [1.82, 2.24) is 23.9 Å². The van der Waals surface area contributed by atoms with Gasteiger partial charge in [-0.05, 0) is 55.6 Å². The first-order chi connectivity index (χ1) is 14.7. The Morgan fingerprint density at radius 2 is 1.97 bits per heavy atom. The van der Waals surface area contributed by atoms with E-state index in [0.29, 0.717) is 12.0 Å². The Kier molecular flexibility index (Phi) is 6.23. The molecule has 0 amide bonds. The molecule has 4 aromatic heterocycles. The minimum absolute atomic E-state index is 0.363. The summed E-state index contributed by atoms with van der Waals surface area (Å²) >= 11 is 1.41. The smallest absolute Gasteiger partial charge is 0.230 e. The lowest BCUT2D eigenvalue weighted by atomic mass is 10.1. The van der Waals surface area contributed by atoms with Crippen molar-refractivity contribution in [3.05, 3.63) is 48.5 Å². The number of hydrogen-bond donors (Lipinski definition) is 2. The molecule has 0 saturated carbocycles. The molecule has 0 bridgehead atoms. The van der Waals surface area contributed by atoms with Crippen LogP contribution in [0.5, 0.6) is 0 Å².